The molecule has 3 N–H and O–H groups in total. The molecule has 1 aliphatic heterocycles. The van der Waals surface area contributed by atoms with E-state index in [0.717, 1.165) is 6.07 Å². The van der Waals surface area contributed by atoms with Crippen LogP contribution in [0.4, 0.5) is 0 Å². The highest BCUT2D eigenvalue weighted by Crippen LogP contribution is 2.24. The number of aromatic hydroxyl groups is 2. The van der Waals surface area contributed by atoms with Crippen LogP contribution in [-0.2, 0) is 4.79 Å². The average molecular weight is 265 g/mol. The van der Waals surface area contributed by atoms with E-state index in [1.54, 1.807) is 0 Å². The summed E-state index contributed by atoms with van der Waals surface area (Å²) in [7, 11) is 0. The van der Waals surface area contributed by atoms with Gasteiger partial charge in [0, 0.05) is 24.7 Å². The summed E-state index contributed by atoms with van der Waals surface area (Å²) in [4.78, 5) is 24.5. The monoisotopic (exact) mass is 265 g/mol. The number of hydrogen-bond acceptors (Lipinski definition) is 4. The summed E-state index contributed by atoms with van der Waals surface area (Å²) in [5.41, 5.74) is 0.200. The number of rotatable bonds is 2. The highest BCUT2D eigenvalue weighted by atomic mass is 16.4. The van der Waals surface area contributed by atoms with Crippen molar-refractivity contribution in [3.8, 4) is 11.5 Å². The summed E-state index contributed by atoms with van der Waals surface area (Å²) in [5.74, 6) is -1.90. The Kier molecular flexibility index (Phi) is 3.59. The second-order valence-corrected chi connectivity index (χ2v) is 4.64. The first-order chi connectivity index (χ1) is 8.97. The van der Waals surface area contributed by atoms with Crippen LogP contribution >= 0.6 is 0 Å². The number of amides is 1. The minimum Gasteiger partial charge on any atom is -0.508 e. The molecule has 0 aromatic heterocycles. The van der Waals surface area contributed by atoms with Crippen molar-refractivity contribution < 1.29 is 24.9 Å². The lowest BCUT2D eigenvalue weighted by Crippen LogP contribution is -2.40. The normalized spacial score (nSPS) is 16.3. The summed E-state index contributed by atoms with van der Waals surface area (Å²) in [6.07, 6.45) is 0.845. The summed E-state index contributed by atoms with van der Waals surface area (Å²) < 4.78 is 0. The van der Waals surface area contributed by atoms with Crippen molar-refractivity contribution in [3.63, 3.8) is 0 Å². The molecule has 1 heterocycles. The Bertz CT molecular complexity index is 486. The predicted molar refractivity (Wildman–Crippen MR) is 66.0 cm³/mol. The maximum atomic E-state index is 12.1. The van der Waals surface area contributed by atoms with Crippen molar-refractivity contribution >= 4 is 11.9 Å². The standard InChI is InChI=1S/C13H15NO5/c15-10-5-9(6-11(16)7-10)12(17)14-3-1-8(2-4-14)13(18)19/h5-8,15-16H,1-4H2,(H,18,19). The maximum absolute atomic E-state index is 12.1. The van der Waals surface area contributed by atoms with Crippen molar-refractivity contribution in [1.82, 2.24) is 4.90 Å². The third-order valence-electron chi connectivity index (χ3n) is 3.28. The van der Waals surface area contributed by atoms with Crippen LogP contribution in [0.25, 0.3) is 0 Å². The zero-order chi connectivity index (χ0) is 14.0. The molecule has 6 heteroatoms. The highest BCUT2D eigenvalue weighted by Gasteiger charge is 2.27. The Morgan fingerprint density at radius 2 is 1.58 bits per heavy atom. The number of hydrogen-bond donors (Lipinski definition) is 3. The zero-order valence-electron chi connectivity index (χ0n) is 10.2. The van der Waals surface area contributed by atoms with E-state index in [2.05, 4.69) is 0 Å². The molecule has 0 unspecified atom stereocenters. The smallest absolute Gasteiger partial charge is 0.306 e. The lowest BCUT2D eigenvalue weighted by Gasteiger charge is -2.30. The van der Waals surface area contributed by atoms with E-state index >= 15 is 0 Å². The van der Waals surface area contributed by atoms with E-state index in [4.69, 9.17) is 5.11 Å². The molecule has 1 aliphatic rings. The van der Waals surface area contributed by atoms with Crippen LogP contribution in [0.1, 0.15) is 23.2 Å². The van der Waals surface area contributed by atoms with Crippen LogP contribution in [0.5, 0.6) is 11.5 Å². The SMILES string of the molecule is O=C(O)C1CCN(C(=O)c2cc(O)cc(O)c2)CC1. The van der Waals surface area contributed by atoms with Crippen LogP contribution in [0, 0.1) is 5.92 Å². The van der Waals surface area contributed by atoms with Gasteiger partial charge in [-0.1, -0.05) is 0 Å². The van der Waals surface area contributed by atoms with Crippen LogP contribution in [0.3, 0.4) is 0 Å². The lowest BCUT2D eigenvalue weighted by atomic mass is 9.96. The van der Waals surface area contributed by atoms with Crippen molar-refractivity contribution in [1.29, 1.82) is 0 Å². The molecule has 102 valence electrons. The number of benzene rings is 1. The summed E-state index contributed by atoms with van der Waals surface area (Å²) in [6, 6.07) is 3.71. The van der Waals surface area contributed by atoms with Crippen molar-refractivity contribution in [2.75, 3.05) is 13.1 Å². The number of likely N-dealkylation sites (tertiary alicyclic amines) is 1. The summed E-state index contributed by atoms with van der Waals surface area (Å²) in [6.45, 7) is 0.735. The molecule has 19 heavy (non-hydrogen) atoms. The molecule has 0 atom stereocenters. The number of piperidine rings is 1. The fourth-order valence-corrected chi connectivity index (χ4v) is 2.23. The largest absolute Gasteiger partial charge is 0.508 e. The van der Waals surface area contributed by atoms with Gasteiger partial charge >= 0.3 is 5.97 Å². The van der Waals surface area contributed by atoms with E-state index in [-0.39, 0.29) is 23.0 Å². The molecule has 6 nitrogen and oxygen atoms in total. The third kappa shape index (κ3) is 2.96. The van der Waals surface area contributed by atoms with E-state index in [1.807, 2.05) is 0 Å². The molecule has 1 saturated heterocycles. The summed E-state index contributed by atoms with van der Waals surface area (Å²) in [5, 5.41) is 27.6. The van der Waals surface area contributed by atoms with E-state index in [1.165, 1.54) is 17.0 Å². The van der Waals surface area contributed by atoms with Gasteiger partial charge in [0.1, 0.15) is 11.5 Å². The minimum absolute atomic E-state index is 0.177. The first-order valence-electron chi connectivity index (χ1n) is 6.02. The van der Waals surface area contributed by atoms with Crippen LogP contribution in [0.2, 0.25) is 0 Å². The Hall–Kier alpha value is -2.24. The van der Waals surface area contributed by atoms with Crippen LogP contribution in [-0.4, -0.2) is 45.2 Å². The fourth-order valence-electron chi connectivity index (χ4n) is 2.23. The van der Waals surface area contributed by atoms with Crippen LogP contribution < -0.4 is 0 Å². The van der Waals surface area contributed by atoms with E-state index in [9.17, 15) is 19.8 Å². The third-order valence-corrected chi connectivity index (χ3v) is 3.28. The van der Waals surface area contributed by atoms with Gasteiger partial charge in [0.25, 0.3) is 5.91 Å². The molecule has 1 aromatic rings. The number of carboxylic acids is 1. The number of phenolic OH excluding ortho intramolecular Hbond substituents is 2. The number of phenols is 2. The molecule has 0 bridgehead atoms. The first-order valence-corrected chi connectivity index (χ1v) is 6.02. The van der Waals surface area contributed by atoms with Gasteiger partial charge in [0.05, 0.1) is 5.92 Å². The van der Waals surface area contributed by atoms with Gasteiger partial charge in [-0.2, -0.15) is 0 Å². The van der Waals surface area contributed by atoms with Gasteiger partial charge in [0.2, 0.25) is 0 Å². The van der Waals surface area contributed by atoms with Gasteiger partial charge in [-0.15, -0.1) is 0 Å². The molecule has 0 aliphatic carbocycles. The minimum atomic E-state index is -0.831. The topological polar surface area (TPSA) is 98.1 Å². The predicted octanol–water partition coefficient (Wildman–Crippen LogP) is 1.03. The van der Waals surface area contributed by atoms with Crippen molar-refractivity contribution in [3.05, 3.63) is 23.8 Å². The van der Waals surface area contributed by atoms with E-state index < -0.39 is 11.9 Å². The van der Waals surface area contributed by atoms with Gasteiger partial charge in [-0.25, -0.2) is 0 Å². The molecule has 0 radical (unpaired) electrons. The summed E-state index contributed by atoms with van der Waals surface area (Å²) >= 11 is 0. The average Bonchev–Trinajstić information content (AvgIpc) is 2.37. The number of aliphatic carboxylic acids is 1. The van der Waals surface area contributed by atoms with Gasteiger partial charge in [-0.3, -0.25) is 9.59 Å². The highest BCUT2D eigenvalue weighted by molar-refractivity contribution is 5.95. The molecular formula is C13H15NO5. The van der Waals surface area contributed by atoms with Gasteiger partial charge < -0.3 is 20.2 Å². The zero-order valence-corrected chi connectivity index (χ0v) is 10.2. The van der Waals surface area contributed by atoms with Crippen molar-refractivity contribution in [2.24, 2.45) is 5.92 Å². The molecule has 0 spiro atoms. The fraction of sp³-hybridized carbons (Fsp3) is 0.385. The lowest BCUT2D eigenvalue weighted by molar-refractivity contribution is -0.143. The molecule has 0 saturated carbocycles. The maximum Gasteiger partial charge on any atom is 0.306 e. The second-order valence-electron chi connectivity index (χ2n) is 4.64. The number of nitrogens with zero attached hydrogens (tertiary/aromatic N) is 1. The van der Waals surface area contributed by atoms with Crippen LogP contribution in [0.15, 0.2) is 18.2 Å². The number of carboxylic acid groups (broad SMARTS) is 1. The van der Waals surface area contributed by atoms with Crippen molar-refractivity contribution in [2.45, 2.75) is 12.8 Å². The van der Waals surface area contributed by atoms with E-state index in [0.29, 0.717) is 25.9 Å². The Morgan fingerprint density at radius 1 is 1.05 bits per heavy atom. The second kappa shape index (κ2) is 5.17. The van der Waals surface area contributed by atoms with Gasteiger partial charge in [-0.05, 0) is 25.0 Å². The van der Waals surface area contributed by atoms with Gasteiger partial charge in [0.15, 0.2) is 0 Å². The Balaban J connectivity index is 2.07. The Morgan fingerprint density at radius 3 is 2.05 bits per heavy atom. The molecule has 1 fully saturated rings. The molecule has 1 aromatic carbocycles. The number of carbonyl (C=O) groups excluding carboxylic acids is 1. The molecular weight excluding hydrogens is 250 g/mol. The molecule has 1 amide bonds. The number of carbonyl (C=O) groups is 2. The first kappa shape index (κ1) is 13.2. The Labute approximate surface area is 109 Å². The quantitative estimate of drug-likeness (QED) is 0.742. The molecule has 2 rings (SSSR count).